The lowest BCUT2D eigenvalue weighted by molar-refractivity contribution is -0.114. The number of hydrogen-bond donors (Lipinski definition) is 2. The second kappa shape index (κ2) is 7.70. The van der Waals surface area contributed by atoms with E-state index in [9.17, 15) is 4.79 Å². The molecular formula is C17H17N3O2. The summed E-state index contributed by atoms with van der Waals surface area (Å²) in [5, 5.41) is 14.6. The molecule has 0 aliphatic heterocycles. The molecule has 0 radical (unpaired) electrons. The molecule has 2 N–H and O–H groups in total. The zero-order chi connectivity index (χ0) is 15.8. The van der Waals surface area contributed by atoms with E-state index >= 15 is 0 Å². The van der Waals surface area contributed by atoms with Crippen molar-refractivity contribution >= 4 is 17.3 Å². The monoisotopic (exact) mass is 295 g/mol. The number of nitriles is 1. The summed E-state index contributed by atoms with van der Waals surface area (Å²) < 4.78 is 5.34. The van der Waals surface area contributed by atoms with Crippen LogP contribution in [0.3, 0.4) is 0 Å². The van der Waals surface area contributed by atoms with Crippen molar-refractivity contribution in [2.45, 2.75) is 6.92 Å². The van der Waals surface area contributed by atoms with Gasteiger partial charge >= 0.3 is 0 Å². The second-order valence-electron chi connectivity index (χ2n) is 4.55. The summed E-state index contributed by atoms with van der Waals surface area (Å²) >= 11 is 0. The SMILES string of the molecule is CCOc1ccc(NC(=O)CNc2cccc(C#N)c2)cc1. The Kier molecular flexibility index (Phi) is 5.38. The number of carbonyl (C=O) groups excluding carboxylic acids is 1. The van der Waals surface area contributed by atoms with Crippen LogP contribution in [0.4, 0.5) is 11.4 Å². The van der Waals surface area contributed by atoms with Crippen molar-refractivity contribution in [3.05, 3.63) is 54.1 Å². The minimum absolute atomic E-state index is 0.127. The number of carbonyl (C=O) groups is 1. The van der Waals surface area contributed by atoms with Gasteiger partial charge in [0.1, 0.15) is 5.75 Å². The third-order valence-corrected chi connectivity index (χ3v) is 2.89. The molecule has 2 aromatic rings. The molecule has 0 unspecified atom stereocenters. The van der Waals surface area contributed by atoms with Crippen LogP contribution in [-0.4, -0.2) is 19.1 Å². The molecular weight excluding hydrogens is 278 g/mol. The highest BCUT2D eigenvalue weighted by atomic mass is 16.5. The molecule has 0 atom stereocenters. The third-order valence-electron chi connectivity index (χ3n) is 2.89. The maximum Gasteiger partial charge on any atom is 0.243 e. The van der Waals surface area contributed by atoms with Crippen LogP contribution in [0, 0.1) is 11.3 Å². The second-order valence-corrected chi connectivity index (χ2v) is 4.55. The maximum absolute atomic E-state index is 11.9. The Labute approximate surface area is 129 Å². The molecule has 0 aromatic heterocycles. The van der Waals surface area contributed by atoms with Crippen molar-refractivity contribution in [1.29, 1.82) is 5.26 Å². The van der Waals surface area contributed by atoms with Crippen molar-refractivity contribution in [2.75, 3.05) is 23.8 Å². The Bertz CT molecular complexity index is 675. The molecule has 5 heteroatoms. The zero-order valence-corrected chi connectivity index (χ0v) is 12.3. The Balaban J connectivity index is 1.86. The van der Waals surface area contributed by atoms with E-state index in [1.165, 1.54) is 0 Å². The number of nitrogens with zero attached hydrogens (tertiary/aromatic N) is 1. The van der Waals surface area contributed by atoms with Crippen LogP contribution < -0.4 is 15.4 Å². The summed E-state index contributed by atoms with van der Waals surface area (Å²) in [5.41, 5.74) is 2.00. The molecule has 0 spiro atoms. The molecule has 112 valence electrons. The molecule has 0 aliphatic rings. The molecule has 22 heavy (non-hydrogen) atoms. The normalized spacial score (nSPS) is 9.64. The summed E-state index contributed by atoms with van der Waals surface area (Å²) in [7, 11) is 0. The first-order valence-electron chi connectivity index (χ1n) is 6.98. The van der Waals surface area contributed by atoms with E-state index in [2.05, 4.69) is 16.7 Å². The first-order valence-corrected chi connectivity index (χ1v) is 6.98. The Morgan fingerprint density at radius 3 is 2.64 bits per heavy atom. The number of nitrogens with one attached hydrogen (secondary N) is 2. The Morgan fingerprint density at radius 2 is 1.95 bits per heavy atom. The molecule has 2 aromatic carbocycles. The average molecular weight is 295 g/mol. The predicted octanol–water partition coefficient (Wildman–Crippen LogP) is 3.01. The highest BCUT2D eigenvalue weighted by Gasteiger charge is 2.03. The van der Waals surface area contributed by atoms with Crippen LogP contribution in [0.1, 0.15) is 12.5 Å². The minimum Gasteiger partial charge on any atom is -0.494 e. The van der Waals surface area contributed by atoms with E-state index in [1.54, 1.807) is 30.3 Å². The summed E-state index contributed by atoms with van der Waals surface area (Å²) in [5.74, 6) is 0.610. The summed E-state index contributed by atoms with van der Waals surface area (Å²) in [6, 6.07) is 16.2. The molecule has 0 saturated heterocycles. The van der Waals surface area contributed by atoms with E-state index in [4.69, 9.17) is 10.00 Å². The van der Waals surface area contributed by atoms with Gasteiger partial charge in [0.15, 0.2) is 0 Å². The number of ether oxygens (including phenoxy) is 1. The fraction of sp³-hybridized carbons (Fsp3) is 0.176. The molecule has 0 aliphatic carbocycles. The van der Waals surface area contributed by atoms with Gasteiger partial charge in [-0.25, -0.2) is 0 Å². The van der Waals surface area contributed by atoms with Gasteiger partial charge in [-0.1, -0.05) is 6.07 Å². The Morgan fingerprint density at radius 1 is 1.18 bits per heavy atom. The number of benzene rings is 2. The van der Waals surface area contributed by atoms with Crippen molar-refractivity contribution in [2.24, 2.45) is 0 Å². The number of amides is 1. The van der Waals surface area contributed by atoms with Gasteiger partial charge in [0, 0.05) is 11.4 Å². The van der Waals surface area contributed by atoms with E-state index < -0.39 is 0 Å². The quantitative estimate of drug-likeness (QED) is 0.859. The summed E-state index contributed by atoms with van der Waals surface area (Å²) in [6.07, 6.45) is 0. The van der Waals surface area contributed by atoms with Gasteiger partial charge in [0.05, 0.1) is 24.8 Å². The van der Waals surface area contributed by atoms with E-state index in [-0.39, 0.29) is 12.5 Å². The number of hydrogen-bond acceptors (Lipinski definition) is 4. The number of anilines is 2. The van der Waals surface area contributed by atoms with Crippen LogP contribution in [0.15, 0.2) is 48.5 Å². The van der Waals surface area contributed by atoms with Gasteiger partial charge in [-0.05, 0) is 49.4 Å². The molecule has 0 fully saturated rings. The van der Waals surface area contributed by atoms with Crippen LogP contribution in [-0.2, 0) is 4.79 Å². The first-order chi connectivity index (χ1) is 10.7. The van der Waals surface area contributed by atoms with Gasteiger partial charge in [0.25, 0.3) is 0 Å². The number of rotatable bonds is 6. The van der Waals surface area contributed by atoms with Gasteiger partial charge in [-0.2, -0.15) is 5.26 Å². The zero-order valence-electron chi connectivity index (χ0n) is 12.3. The highest BCUT2D eigenvalue weighted by Crippen LogP contribution is 2.15. The minimum atomic E-state index is -0.161. The lowest BCUT2D eigenvalue weighted by Crippen LogP contribution is -2.21. The first kappa shape index (κ1) is 15.4. The molecule has 0 saturated carbocycles. The lowest BCUT2D eigenvalue weighted by Gasteiger charge is -2.09. The maximum atomic E-state index is 11.9. The van der Waals surface area contributed by atoms with Crippen LogP contribution in [0.5, 0.6) is 5.75 Å². The van der Waals surface area contributed by atoms with E-state index in [0.717, 1.165) is 11.4 Å². The summed E-state index contributed by atoms with van der Waals surface area (Å²) in [6.45, 7) is 2.65. The van der Waals surface area contributed by atoms with Crippen LogP contribution >= 0.6 is 0 Å². The van der Waals surface area contributed by atoms with Gasteiger partial charge in [0.2, 0.25) is 5.91 Å². The smallest absolute Gasteiger partial charge is 0.243 e. The fourth-order valence-electron chi connectivity index (χ4n) is 1.89. The Hall–Kier alpha value is -3.00. The average Bonchev–Trinajstić information content (AvgIpc) is 2.55. The topological polar surface area (TPSA) is 74.2 Å². The van der Waals surface area contributed by atoms with Crippen molar-refractivity contribution in [3.8, 4) is 11.8 Å². The molecule has 0 heterocycles. The van der Waals surface area contributed by atoms with E-state index in [1.807, 2.05) is 25.1 Å². The van der Waals surface area contributed by atoms with Crippen molar-refractivity contribution in [1.82, 2.24) is 0 Å². The highest BCUT2D eigenvalue weighted by molar-refractivity contribution is 5.93. The van der Waals surface area contributed by atoms with Gasteiger partial charge < -0.3 is 15.4 Å². The summed E-state index contributed by atoms with van der Waals surface area (Å²) in [4.78, 5) is 11.9. The largest absolute Gasteiger partial charge is 0.494 e. The lowest BCUT2D eigenvalue weighted by atomic mass is 10.2. The van der Waals surface area contributed by atoms with Gasteiger partial charge in [-0.3, -0.25) is 4.79 Å². The fourth-order valence-corrected chi connectivity index (χ4v) is 1.89. The van der Waals surface area contributed by atoms with Gasteiger partial charge in [-0.15, -0.1) is 0 Å². The van der Waals surface area contributed by atoms with E-state index in [0.29, 0.717) is 17.9 Å². The molecule has 2 rings (SSSR count). The third kappa shape index (κ3) is 4.53. The van der Waals surface area contributed by atoms with Crippen LogP contribution in [0.2, 0.25) is 0 Å². The predicted molar refractivity (Wildman–Crippen MR) is 85.9 cm³/mol. The molecule has 5 nitrogen and oxygen atoms in total. The van der Waals surface area contributed by atoms with Crippen molar-refractivity contribution in [3.63, 3.8) is 0 Å². The standard InChI is InChI=1S/C17H17N3O2/c1-2-22-16-8-6-14(7-9-16)20-17(21)12-19-15-5-3-4-13(10-15)11-18/h3-10,19H,2,12H2,1H3,(H,20,21). The van der Waals surface area contributed by atoms with Crippen molar-refractivity contribution < 1.29 is 9.53 Å². The molecule has 1 amide bonds. The van der Waals surface area contributed by atoms with Crippen LogP contribution in [0.25, 0.3) is 0 Å². The molecule has 0 bridgehead atoms.